The predicted molar refractivity (Wildman–Crippen MR) is 160 cm³/mol. The van der Waals surface area contributed by atoms with E-state index >= 15 is 0 Å². The van der Waals surface area contributed by atoms with Crippen molar-refractivity contribution in [3.8, 4) is 11.5 Å². The minimum absolute atomic E-state index is 0.0779. The number of fused-ring (bicyclic) bond motifs is 2. The number of anilines is 1. The highest BCUT2D eigenvalue weighted by atomic mass is 32.2. The van der Waals surface area contributed by atoms with Gasteiger partial charge in [0.15, 0.2) is 11.5 Å². The normalized spacial score (nSPS) is 14.6. The van der Waals surface area contributed by atoms with E-state index in [9.17, 15) is 19.5 Å². The molecule has 0 saturated carbocycles. The number of hydrogen-bond donors (Lipinski definition) is 2. The Bertz CT molecular complexity index is 1660. The summed E-state index contributed by atoms with van der Waals surface area (Å²) in [5.74, 6) is 0.446. The molecule has 0 radical (unpaired) electrons. The Morgan fingerprint density at radius 1 is 0.833 bits per heavy atom. The van der Waals surface area contributed by atoms with Crippen LogP contribution in [0.4, 0.5) is 5.69 Å². The Labute approximate surface area is 247 Å². The lowest BCUT2D eigenvalue weighted by Gasteiger charge is -2.34. The molecule has 2 heterocycles. The molecule has 10 heteroatoms. The molecule has 4 aromatic rings. The minimum atomic E-state index is -1.09. The van der Waals surface area contributed by atoms with E-state index < -0.39 is 11.9 Å². The van der Waals surface area contributed by atoms with Crippen LogP contribution in [-0.2, 0) is 11.3 Å². The molecule has 0 atom stereocenters. The van der Waals surface area contributed by atoms with Crippen molar-refractivity contribution in [3.63, 3.8) is 0 Å². The molecule has 42 heavy (non-hydrogen) atoms. The van der Waals surface area contributed by atoms with E-state index in [0.717, 1.165) is 41.6 Å². The molecular formula is C32H29N3O6S. The molecule has 9 nitrogen and oxygen atoms in total. The summed E-state index contributed by atoms with van der Waals surface area (Å²) in [7, 11) is 0. The fourth-order valence-corrected chi connectivity index (χ4v) is 6.12. The molecule has 214 valence electrons. The molecule has 2 N–H and O–H groups in total. The number of nitrogens with zero attached hydrogens (tertiary/aromatic N) is 2. The van der Waals surface area contributed by atoms with E-state index in [1.54, 1.807) is 36.4 Å². The average Bonchev–Trinajstić information content (AvgIpc) is 3.48. The standard InChI is InChI=1S/C32H29N3O6S/c36-29(35-14-12-34(13-15-35)18-21-10-11-27-28(16-21)41-20-40-27)19-42-24-7-3-6-23(17-24)33-31(37)25-8-1-4-22-5-2-9-26(30(22)25)32(38)39/h1-11,16-17H,12-15,18-20H2,(H,33,37)(H,38,39). The maximum absolute atomic E-state index is 13.2. The van der Waals surface area contributed by atoms with E-state index in [2.05, 4.69) is 10.2 Å². The van der Waals surface area contributed by atoms with Crippen LogP contribution in [0.2, 0.25) is 0 Å². The molecule has 1 saturated heterocycles. The van der Waals surface area contributed by atoms with E-state index in [-0.39, 0.29) is 23.8 Å². The van der Waals surface area contributed by atoms with Crippen LogP contribution >= 0.6 is 11.8 Å². The lowest BCUT2D eigenvalue weighted by atomic mass is 9.98. The van der Waals surface area contributed by atoms with E-state index in [0.29, 0.717) is 35.3 Å². The summed E-state index contributed by atoms with van der Waals surface area (Å²) in [6, 6.07) is 23.4. The Morgan fingerprint density at radius 2 is 1.57 bits per heavy atom. The summed E-state index contributed by atoms with van der Waals surface area (Å²) in [6.07, 6.45) is 0. The quantitative estimate of drug-likeness (QED) is 0.281. The van der Waals surface area contributed by atoms with Crippen LogP contribution in [0.25, 0.3) is 10.8 Å². The third-order valence-electron chi connectivity index (χ3n) is 7.40. The second-order valence-electron chi connectivity index (χ2n) is 10.1. The zero-order valence-electron chi connectivity index (χ0n) is 22.7. The summed E-state index contributed by atoms with van der Waals surface area (Å²) >= 11 is 1.42. The van der Waals surface area contributed by atoms with Gasteiger partial charge in [0.25, 0.3) is 5.91 Å². The number of carbonyl (C=O) groups excluding carboxylic acids is 2. The van der Waals surface area contributed by atoms with Gasteiger partial charge in [-0.25, -0.2) is 4.79 Å². The van der Waals surface area contributed by atoms with Crippen LogP contribution in [0.15, 0.2) is 83.8 Å². The largest absolute Gasteiger partial charge is 0.478 e. The molecule has 4 aromatic carbocycles. The first-order valence-electron chi connectivity index (χ1n) is 13.6. The predicted octanol–water partition coefficient (Wildman–Crippen LogP) is 4.96. The van der Waals surface area contributed by atoms with Gasteiger partial charge in [-0.1, -0.05) is 36.4 Å². The van der Waals surface area contributed by atoms with Crippen molar-refractivity contribution in [2.24, 2.45) is 0 Å². The number of aromatic carboxylic acids is 1. The third-order valence-corrected chi connectivity index (χ3v) is 8.38. The highest BCUT2D eigenvalue weighted by molar-refractivity contribution is 8.00. The molecule has 0 aromatic heterocycles. The number of piperazine rings is 1. The minimum Gasteiger partial charge on any atom is -0.478 e. The molecule has 2 amide bonds. The number of benzene rings is 4. The average molecular weight is 584 g/mol. The molecule has 0 spiro atoms. The highest BCUT2D eigenvalue weighted by Gasteiger charge is 2.22. The highest BCUT2D eigenvalue weighted by Crippen LogP contribution is 2.33. The Kier molecular flexibility index (Phi) is 7.98. The number of hydrogen-bond acceptors (Lipinski definition) is 7. The van der Waals surface area contributed by atoms with Gasteiger partial charge in [0, 0.05) is 54.3 Å². The molecule has 2 aliphatic rings. The SMILES string of the molecule is O=C(O)c1cccc2cccc(C(=O)Nc3cccc(SCC(=O)N4CCN(Cc5ccc6c(c5)OCO6)CC4)c3)c12. The fourth-order valence-electron chi connectivity index (χ4n) is 5.26. The van der Waals surface area contributed by atoms with Crippen molar-refractivity contribution in [3.05, 3.63) is 95.6 Å². The molecule has 0 unspecified atom stereocenters. The van der Waals surface area contributed by atoms with Gasteiger partial charge in [-0.3, -0.25) is 14.5 Å². The monoisotopic (exact) mass is 583 g/mol. The van der Waals surface area contributed by atoms with Crippen LogP contribution in [0.3, 0.4) is 0 Å². The number of carboxylic acid groups (broad SMARTS) is 1. The van der Waals surface area contributed by atoms with E-state index in [4.69, 9.17) is 9.47 Å². The van der Waals surface area contributed by atoms with Crippen molar-refractivity contribution >= 4 is 46.0 Å². The maximum atomic E-state index is 13.2. The van der Waals surface area contributed by atoms with Crippen molar-refractivity contribution < 1.29 is 29.0 Å². The molecule has 0 aliphatic carbocycles. The number of rotatable bonds is 8. The van der Waals surface area contributed by atoms with Gasteiger partial charge in [-0.15, -0.1) is 11.8 Å². The number of nitrogens with one attached hydrogen (secondary N) is 1. The molecular weight excluding hydrogens is 554 g/mol. The lowest BCUT2D eigenvalue weighted by molar-refractivity contribution is -0.130. The van der Waals surface area contributed by atoms with E-state index in [1.807, 2.05) is 41.3 Å². The topological polar surface area (TPSA) is 108 Å². The van der Waals surface area contributed by atoms with Gasteiger partial charge < -0.3 is 24.8 Å². The summed E-state index contributed by atoms with van der Waals surface area (Å²) < 4.78 is 10.9. The van der Waals surface area contributed by atoms with Crippen LogP contribution in [-0.4, -0.2) is 71.4 Å². The molecule has 6 rings (SSSR count). The molecule has 0 bridgehead atoms. The van der Waals surface area contributed by atoms with Gasteiger partial charge >= 0.3 is 5.97 Å². The lowest BCUT2D eigenvalue weighted by Crippen LogP contribution is -2.48. The Balaban J connectivity index is 1.03. The summed E-state index contributed by atoms with van der Waals surface area (Å²) in [4.78, 5) is 43.0. The zero-order valence-corrected chi connectivity index (χ0v) is 23.6. The van der Waals surface area contributed by atoms with Gasteiger partial charge in [0.1, 0.15) is 0 Å². The van der Waals surface area contributed by atoms with Crippen LogP contribution < -0.4 is 14.8 Å². The van der Waals surface area contributed by atoms with E-state index in [1.165, 1.54) is 17.8 Å². The van der Waals surface area contributed by atoms with Crippen LogP contribution in [0, 0.1) is 0 Å². The number of carbonyl (C=O) groups is 3. The Hall–Kier alpha value is -4.54. The molecule has 2 aliphatic heterocycles. The van der Waals surface area contributed by atoms with Crippen molar-refractivity contribution in [1.82, 2.24) is 9.80 Å². The summed E-state index contributed by atoms with van der Waals surface area (Å²) in [5, 5.41) is 13.6. The van der Waals surface area contributed by atoms with Gasteiger partial charge in [0.05, 0.1) is 11.3 Å². The van der Waals surface area contributed by atoms with Crippen molar-refractivity contribution in [2.75, 3.05) is 44.0 Å². The van der Waals surface area contributed by atoms with Crippen molar-refractivity contribution in [2.45, 2.75) is 11.4 Å². The van der Waals surface area contributed by atoms with Crippen LogP contribution in [0.5, 0.6) is 11.5 Å². The zero-order chi connectivity index (χ0) is 29.1. The first kappa shape index (κ1) is 27.6. The number of thioether (sulfide) groups is 1. The third kappa shape index (κ3) is 6.05. The first-order chi connectivity index (χ1) is 20.4. The van der Waals surface area contributed by atoms with Crippen molar-refractivity contribution in [1.29, 1.82) is 0 Å². The summed E-state index contributed by atoms with van der Waals surface area (Å²) in [5.41, 5.74) is 2.09. The Morgan fingerprint density at radius 3 is 2.36 bits per heavy atom. The number of ether oxygens (including phenoxy) is 2. The second-order valence-corrected chi connectivity index (χ2v) is 11.2. The van der Waals surface area contributed by atoms with Gasteiger partial charge in [-0.05, 0) is 53.4 Å². The molecule has 1 fully saturated rings. The van der Waals surface area contributed by atoms with Gasteiger partial charge in [0.2, 0.25) is 12.7 Å². The smallest absolute Gasteiger partial charge is 0.336 e. The van der Waals surface area contributed by atoms with Gasteiger partial charge in [-0.2, -0.15) is 0 Å². The number of carboxylic acids is 1. The maximum Gasteiger partial charge on any atom is 0.336 e. The summed E-state index contributed by atoms with van der Waals surface area (Å²) in [6.45, 7) is 3.99. The second kappa shape index (κ2) is 12.1. The number of amides is 2. The van der Waals surface area contributed by atoms with Crippen LogP contribution in [0.1, 0.15) is 26.3 Å². The fraction of sp³-hybridized carbons (Fsp3) is 0.219. The first-order valence-corrected chi connectivity index (χ1v) is 14.6.